The molecule has 0 atom stereocenters. The van der Waals surface area contributed by atoms with Crippen LogP contribution in [0.25, 0.3) is 0 Å². The lowest BCUT2D eigenvalue weighted by Crippen LogP contribution is -2.41. The van der Waals surface area contributed by atoms with E-state index < -0.39 is 5.91 Å². The van der Waals surface area contributed by atoms with Gasteiger partial charge in [-0.15, -0.1) is 0 Å². The van der Waals surface area contributed by atoms with Crippen LogP contribution >= 0.6 is 11.6 Å². The maximum atomic E-state index is 12.1. The molecule has 1 saturated heterocycles. The molecule has 1 aliphatic rings. The second-order valence-corrected chi connectivity index (χ2v) is 5.93. The fourth-order valence-electron chi connectivity index (χ4n) is 2.38. The molecule has 0 aliphatic carbocycles. The van der Waals surface area contributed by atoms with E-state index in [-0.39, 0.29) is 30.6 Å². The van der Waals surface area contributed by atoms with Crippen LogP contribution in [0, 0.1) is 0 Å². The number of nitrogens with one attached hydrogen (secondary N) is 1. The second kappa shape index (κ2) is 8.09. The zero-order chi connectivity index (χ0) is 17.6. The molecule has 0 spiro atoms. The highest BCUT2D eigenvalue weighted by atomic mass is 35.5. The number of nitrogens with zero attached hydrogens (tertiary/aromatic N) is 3. The summed E-state index contributed by atoms with van der Waals surface area (Å²) in [7, 11) is 0. The molecule has 0 radical (unpaired) electrons. The smallest absolute Gasteiger partial charge is 0.315 e. The Balaban J connectivity index is 1.53. The minimum Gasteiger partial charge on any atom is -0.378 e. The second-order valence-electron chi connectivity index (χ2n) is 5.50. The Morgan fingerprint density at radius 1 is 1.28 bits per heavy atom. The Morgan fingerprint density at radius 3 is 2.84 bits per heavy atom. The number of hydrogen-bond acceptors (Lipinski definition) is 6. The van der Waals surface area contributed by atoms with Gasteiger partial charge in [0.05, 0.1) is 19.6 Å². The third kappa shape index (κ3) is 4.77. The Labute approximate surface area is 149 Å². The minimum absolute atomic E-state index is 0.00886. The molecule has 0 bridgehead atoms. The van der Waals surface area contributed by atoms with E-state index in [9.17, 15) is 9.59 Å². The highest BCUT2D eigenvalue weighted by Gasteiger charge is 2.21. The summed E-state index contributed by atoms with van der Waals surface area (Å²) < 4.78 is 10.1. The van der Waals surface area contributed by atoms with Crippen molar-refractivity contribution in [3.63, 3.8) is 0 Å². The lowest BCUT2D eigenvalue weighted by molar-refractivity contribution is -0.134. The van der Waals surface area contributed by atoms with Gasteiger partial charge >= 0.3 is 11.8 Å². The Kier molecular flexibility index (Phi) is 5.62. The quantitative estimate of drug-likeness (QED) is 0.851. The Hall–Kier alpha value is -2.45. The molecule has 9 heteroatoms. The van der Waals surface area contributed by atoms with Gasteiger partial charge in [0.1, 0.15) is 0 Å². The lowest BCUT2D eigenvalue weighted by Gasteiger charge is -2.26. The van der Waals surface area contributed by atoms with E-state index in [0.29, 0.717) is 31.3 Å². The molecule has 2 heterocycles. The van der Waals surface area contributed by atoms with E-state index in [4.69, 9.17) is 20.9 Å². The molecular formula is C16H17ClN4O4. The van der Waals surface area contributed by atoms with E-state index in [1.54, 1.807) is 23.1 Å². The first-order valence-electron chi connectivity index (χ1n) is 7.82. The Morgan fingerprint density at radius 2 is 2.08 bits per heavy atom. The van der Waals surface area contributed by atoms with E-state index >= 15 is 0 Å². The van der Waals surface area contributed by atoms with Crippen molar-refractivity contribution in [2.24, 2.45) is 0 Å². The highest BCUT2D eigenvalue weighted by molar-refractivity contribution is 6.30. The summed E-state index contributed by atoms with van der Waals surface area (Å²) in [5.74, 6) is -0.608. The molecule has 8 nitrogen and oxygen atoms in total. The molecule has 1 aromatic heterocycles. The van der Waals surface area contributed by atoms with Gasteiger partial charge in [0.15, 0.2) is 5.82 Å². The molecule has 0 saturated carbocycles. The van der Waals surface area contributed by atoms with Gasteiger partial charge in [0.25, 0.3) is 0 Å². The summed E-state index contributed by atoms with van der Waals surface area (Å²) in [6.07, 6.45) is -0.00886. The first-order chi connectivity index (χ1) is 12.1. The van der Waals surface area contributed by atoms with Gasteiger partial charge in [-0.05, 0) is 17.7 Å². The van der Waals surface area contributed by atoms with E-state index in [2.05, 4.69) is 15.5 Å². The van der Waals surface area contributed by atoms with Crippen LogP contribution in [0.5, 0.6) is 0 Å². The third-order valence-corrected chi connectivity index (χ3v) is 3.91. The predicted octanol–water partition coefficient (Wildman–Crippen LogP) is 1.05. The van der Waals surface area contributed by atoms with Crippen LogP contribution in [0.1, 0.15) is 22.1 Å². The zero-order valence-electron chi connectivity index (χ0n) is 13.4. The first kappa shape index (κ1) is 17.4. The normalized spacial score (nSPS) is 14.4. The van der Waals surface area contributed by atoms with Crippen molar-refractivity contribution < 1.29 is 18.8 Å². The SMILES string of the molecule is O=C(NCc1cccc(Cl)c1)c1nc(CC(=O)N2CCOCC2)no1. The standard InChI is InChI=1S/C16H17ClN4O4/c17-12-3-1-2-11(8-12)10-18-15(23)16-19-13(20-25-16)9-14(22)21-4-6-24-7-5-21/h1-3,8H,4-7,9-10H2,(H,18,23). The number of ether oxygens (including phenoxy) is 1. The predicted molar refractivity (Wildman–Crippen MR) is 88.0 cm³/mol. The summed E-state index contributed by atoms with van der Waals surface area (Å²) in [4.78, 5) is 29.8. The first-order valence-corrected chi connectivity index (χ1v) is 8.20. The average molecular weight is 365 g/mol. The van der Waals surface area contributed by atoms with Gasteiger partial charge < -0.3 is 19.5 Å². The summed E-state index contributed by atoms with van der Waals surface area (Å²) >= 11 is 5.90. The number of benzene rings is 1. The fourth-order valence-corrected chi connectivity index (χ4v) is 2.60. The molecule has 1 aliphatic heterocycles. The third-order valence-electron chi connectivity index (χ3n) is 3.68. The van der Waals surface area contributed by atoms with Crippen LogP contribution in [0.4, 0.5) is 0 Å². The van der Waals surface area contributed by atoms with Crippen molar-refractivity contribution in [1.29, 1.82) is 0 Å². The van der Waals surface area contributed by atoms with Gasteiger partial charge in [0.2, 0.25) is 5.91 Å². The van der Waals surface area contributed by atoms with Crippen molar-refractivity contribution in [3.8, 4) is 0 Å². The van der Waals surface area contributed by atoms with Gasteiger partial charge in [-0.1, -0.05) is 28.9 Å². The molecule has 3 rings (SSSR count). The monoisotopic (exact) mass is 364 g/mol. The number of halogens is 1. The van der Waals surface area contributed by atoms with Crippen molar-refractivity contribution in [1.82, 2.24) is 20.4 Å². The summed E-state index contributed by atoms with van der Waals surface area (Å²) in [5.41, 5.74) is 0.850. The number of rotatable bonds is 5. The maximum Gasteiger partial charge on any atom is 0.315 e. The van der Waals surface area contributed by atoms with Gasteiger partial charge in [-0.25, -0.2) is 0 Å². The van der Waals surface area contributed by atoms with Crippen LogP contribution in [0.3, 0.4) is 0 Å². The average Bonchev–Trinajstić information content (AvgIpc) is 3.09. The highest BCUT2D eigenvalue weighted by Crippen LogP contribution is 2.10. The van der Waals surface area contributed by atoms with Crippen LogP contribution in [-0.2, 0) is 22.5 Å². The lowest BCUT2D eigenvalue weighted by atomic mass is 10.2. The fraction of sp³-hybridized carbons (Fsp3) is 0.375. The van der Waals surface area contributed by atoms with Crippen LogP contribution in [0.15, 0.2) is 28.8 Å². The van der Waals surface area contributed by atoms with Crippen molar-refractivity contribution >= 4 is 23.4 Å². The summed E-state index contributed by atoms with van der Waals surface area (Å²) in [6, 6.07) is 7.14. The largest absolute Gasteiger partial charge is 0.378 e. The number of hydrogen-bond donors (Lipinski definition) is 1. The van der Waals surface area contributed by atoms with Crippen molar-refractivity contribution in [2.45, 2.75) is 13.0 Å². The summed E-state index contributed by atoms with van der Waals surface area (Å²) in [6.45, 7) is 2.42. The molecule has 0 unspecified atom stereocenters. The molecule has 2 aromatic rings. The zero-order valence-corrected chi connectivity index (χ0v) is 14.2. The molecule has 1 fully saturated rings. The van der Waals surface area contributed by atoms with E-state index in [1.807, 2.05) is 6.07 Å². The molecule has 25 heavy (non-hydrogen) atoms. The van der Waals surface area contributed by atoms with Gasteiger partial charge in [0, 0.05) is 24.7 Å². The number of carbonyl (C=O) groups excluding carboxylic acids is 2. The van der Waals surface area contributed by atoms with Crippen molar-refractivity contribution in [2.75, 3.05) is 26.3 Å². The van der Waals surface area contributed by atoms with Crippen molar-refractivity contribution in [3.05, 3.63) is 46.6 Å². The molecule has 1 N–H and O–H groups in total. The van der Waals surface area contributed by atoms with Gasteiger partial charge in [-0.3, -0.25) is 9.59 Å². The number of aromatic nitrogens is 2. The van der Waals surface area contributed by atoms with E-state index in [1.165, 1.54) is 0 Å². The summed E-state index contributed by atoms with van der Waals surface area (Å²) in [5, 5.41) is 6.95. The van der Waals surface area contributed by atoms with E-state index in [0.717, 1.165) is 5.56 Å². The molecule has 2 amide bonds. The minimum atomic E-state index is -0.502. The maximum absolute atomic E-state index is 12.1. The number of carbonyl (C=O) groups is 2. The molecule has 1 aromatic carbocycles. The number of amides is 2. The van der Waals surface area contributed by atoms with Gasteiger partial charge in [-0.2, -0.15) is 4.98 Å². The molecule has 132 valence electrons. The Bertz CT molecular complexity index is 758. The molecular weight excluding hydrogens is 348 g/mol. The topological polar surface area (TPSA) is 97.6 Å². The number of morpholine rings is 1. The van der Waals surface area contributed by atoms with Crippen LogP contribution < -0.4 is 5.32 Å². The van der Waals surface area contributed by atoms with Crippen LogP contribution in [0.2, 0.25) is 5.02 Å². The van der Waals surface area contributed by atoms with Crippen LogP contribution in [-0.4, -0.2) is 53.2 Å².